The van der Waals surface area contributed by atoms with Crippen LogP contribution in [0, 0.1) is 19.7 Å². The summed E-state index contributed by atoms with van der Waals surface area (Å²) in [4.78, 5) is 17.7. The third-order valence-corrected chi connectivity index (χ3v) is 4.30. The number of aryl methyl sites for hydroxylation is 2. The van der Waals surface area contributed by atoms with Crippen LogP contribution in [0.5, 0.6) is 0 Å². The van der Waals surface area contributed by atoms with Crippen LogP contribution < -0.4 is 5.32 Å². The van der Waals surface area contributed by atoms with Crippen LogP contribution in [0.1, 0.15) is 11.4 Å². The van der Waals surface area contributed by atoms with E-state index in [2.05, 4.69) is 25.3 Å². The van der Waals surface area contributed by atoms with Crippen LogP contribution in [0.4, 0.5) is 15.9 Å². The van der Waals surface area contributed by atoms with Crippen LogP contribution >= 0.6 is 11.6 Å². The van der Waals surface area contributed by atoms with Crippen molar-refractivity contribution in [3.8, 4) is 0 Å². The van der Waals surface area contributed by atoms with E-state index in [1.807, 2.05) is 26.0 Å². The molecule has 0 saturated carbocycles. The summed E-state index contributed by atoms with van der Waals surface area (Å²) in [5.74, 6) is 0.126. The standard InChI is InChI=1S/C18H13ClFN5/c1-9-10(2)24-17-7-15-12(6-16(17)23-9)18(22-8-21-15)25-11-3-4-14(20)13(19)5-11/h3-8H,1-2H3,(H,21,22,25). The van der Waals surface area contributed by atoms with Crippen molar-refractivity contribution < 1.29 is 4.39 Å². The first-order valence-corrected chi connectivity index (χ1v) is 8.01. The minimum atomic E-state index is -0.466. The Hall–Kier alpha value is -2.86. The fraction of sp³-hybridized carbons (Fsp3) is 0.111. The van der Waals surface area contributed by atoms with E-state index in [0.717, 1.165) is 33.3 Å². The second kappa shape index (κ2) is 5.89. The van der Waals surface area contributed by atoms with Gasteiger partial charge in [-0.05, 0) is 44.2 Å². The molecule has 0 spiro atoms. The molecule has 2 heterocycles. The van der Waals surface area contributed by atoms with Gasteiger partial charge in [0, 0.05) is 11.1 Å². The first kappa shape index (κ1) is 15.7. The van der Waals surface area contributed by atoms with Gasteiger partial charge in [-0.1, -0.05) is 11.6 Å². The van der Waals surface area contributed by atoms with Crippen LogP contribution in [0.25, 0.3) is 21.9 Å². The van der Waals surface area contributed by atoms with Gasteiger partial charge in [0.05, 0.1) is 33.0 Å². The maximum atomic E-state index is 13.3. The second-order valence-corrected chi connectivity index (χ2v) is 6.14. The SMILES string of the molecule is Cc1nc2cc3ncnc(Nc4ccc(F)c(Cl)c4)c3cc2nc1C. The predicted molar refractivity (Wildman–Crippen MR) is 96.8 cm³/mol. The Bertz CT molecular complexity index is 1130. The third-order valence-electron chi connectivity index (χ3n) is 4.01. The molecule has 0 aliphatic rings. The zero-order chi connectivity index (χ0) is 17.6. The summed E-state index contributed by atoms with van der Waals surface area (Å²) in [6.45, 7) is 3.85. The van der Waals surface area contributed by atoms with Gasteiger partial charge in [-0.2, -0.15) is 0 Å². The summed E-state index contributed by atoms with van der Waals surface area (Å²) in [6, 6.07) is 8.20. The molecule has 0 fully saturated rings. The van der Waals surface area contributed by atoms with Crippen LogP contribution in [0.2, 0.25) is 5.02 Å². The molecule has 4 rings (SSSR count). The van der Waals surface area contributed by atoms with Crippen molar-refractivity contribution in [1.29, 1.82) is 0 Å². The zero-order valence-corrected chi connectivity index (χ0v) is 14.3. The number of rotatable bonds is 2. The summed E-state index contributed by atoms with van der Waals surface area (Å²) in [6.07, 6.45) is 1.47. The summed E-state index contributed by atoms with van der Waals surface area (Å²) in [5, 5.41) is 4.00. The van der Waals surface area contributed by atoms with Gasteiger partial charge in [-0.3, -0.25) is 0 Å². The molecule has 0 unspecified atom stereocenters. The molecular weight excluding hydrogens is 341 g/mol. The van der Waals surface area contributed by atoms with Gasteiger partial charge in [-0.15, -0.1) is 0 Å². The Kier molecular flexibility index (Phi) is 3.69. The first-order valence-electron chi connectivity index (χ1n) is 7.63. The van der Waals surface area contributed by atoms with E-state index in [1.54, 1.807) is 6.07 Å². The topological polar surface area (TPSA) is 63.6 Å². The highest BCUT2D eigenvalue weighted by Crippen LogP contribution is 2.28. The van der Waals surface area contributed by atoms with E-state index in [-0.39, 0.29) is 5.02 Å². The molecular formula is C18H13ClFN5. The molecule has 0 amide bonds. The molecule has 0 radical (unpaired) electrons. The third kappa shape index (κ3) is 2.85. The Labute approximate surface area is 147 Å². The molecule has 0 atom stereocenters. The van der Waals surface area contributed by atoms with E-state index in [9.17, 15) is 4.39 Å². The minimum Gasteiger partial charge on any atom is -0.340 e. The molecule has 0 aliphatic heterocycles. The van der Waals surface area contributed by atoms with Gasteiger partial charge in [0.25, 0.3) is 0 Å². The molecule has 5 nitrogen and oxygen atoms in total. The monoisotopic (exact) mass is 353 g/mol. The number of aromatic nitrogens is 4. The molecule has 0 bridgehead atoms. The van der Waals surface area contributed by atoms with E-state index < -0.39 is 5.82 Å². The number of benzene rings is 2. The number of anilines is 2. The molecule has 0 saturated heterocycles. The van der Waals surface area contributed by atoms with E-state index in [0.29, 0.717) is 11.5 Å². The first-order chi connectivity index (χ1) is 12.0. The molecule has 0 aliphatic carbocycles. The predicted octanol–water partition coefficient (Wildman–Crippen LogP) is 4.73. The fourth-order valence-corrected chi connectivity index (χ4v) is 2.77. The molecule has 4 aromatic rings. The summed E-state index contributed by atoms with van der Waals surface area (Å²) in [5.41, 5.74) is 4.70. The van der Waals surface area contributed by atoms with E-state index in [4.69, 9.17) is 11.6 Å². The minimum absolute atomic E-state index is 0.0470. The van der Waals surface area contributed by atoms with Crippen molar-refractivity contribution in [3.05, 3.63) is 58.9 Å². The molecule has 2 aromatic heterocycles. The van der Waals surface area contributed by atoms with Gasteiger partial charge in [0.1, 0.15) is 18.0 Å². The number of hydrogen-bond acceptors (Lipinski definition) is 5. The highest BCUT2D eigenvalue weighted by atomic mass is 35.5. The maximum Gasteiger partial charge on any atom is 0.141 e. The largest absolute Gasteiger partial charge is 0.340 e. The van der Waals surface area contributed by atoms with Crippen LogP contribution in [-0.2, 0) is 0 Å². The lowest BCUT2D eigenvalue weighted by molar-refractivity contribution is 0.628. The van der Waals surface area contributed by atoms with Crippen LogP contribution in [-0.4, -0.2) is 19.9 Å². The van der Waals surface area contributed by atoms with Crippen molar-refractivity contribution in [2.75, 3.05) is 5.32 Å². The summed E-state index contributed by atoms with van der Waals surface area (Å²) in [7, 11) is 0. The number of hydrogen-bond donors (Lipinski definition) is 1. The Morgan fingerprint density at radius 3 is 2.36 bits per heavy atom. The van der Waals surface area contributed by atoms with Gasteiger partial charge in [0.2, 0.25) is 0 Å². The lowest BCUT2D eigenvalue weighted by Crippen LogP contribution is -1.98. The molecule has 25 heavy (non-hydrogen) atoms. The Morgan fingerprint density at radius 2 is 1.64 bits per heavy atom. The quantitative estimate of drug-likeness (QED) is 0.528. The lowest BCUT2D eigenvalue weighted by atomic mass is 10.2. The highest BCUT2D eigenvalue weighted by Gasteiger charge is 2.10. The van der Waals surface area contributed by atoms with Gasteiger partial charge in [-0.25, -0.2) is 24.3 Å². The molecule has 7 heteroatoms. The molecule has 124 valence electrons. The molecule has 1 N–H and O–H groups in total. The second-order valence-electron chi connectivity index (χ2n) is 5.73. The summed E-state index contributed by atoms with van der Waals surface area (Å²) >= 11 is 5.84. The van der Waals surface area contributed by atoms with Gasteiger partial charge < -0.3 is 5.32 Å². The smallest absolute Gasteiger partial charge is 0.141 e. The van der Waals surface area contributed by atoms with Crippen molar-refractivity contribution in [2.24, 2.45) is 0 Å². The normalized spacial score (nSPS) is 11.2. The zero-order valence-electron chi connectivity index (χ0n) is 13.5. The molecule has 2 aromatic carbocycles. The van der Waals surface area contributed by atoms with E-state index in [1.165, 1.54) is 18.5 Å². The Morgan fingerprint density at radius 1 is 0.920 bits per heavy atom. The van der Waals surface area contributed by atoms with Crippen LogP contribution in [0.3, 0.4) is 0 Å². The van der Waals surface area contributed by atoms with Crippen LogP contribution in [0.15, 0.2) is 36.7 Å². The highest BCUT2D eigenvalue weighted by molar-refractivity contribution is 6.31. The average molecular weight is 354 g/mol. The van der Waals surface area contributed by atoms with Gasteiger partial charge >= 0.3 is 0 Å². The van der Waals surface area contributed by atoms with Crippen molar-refractivity contribution >= 4 is 45.0 Å². The lowest BCUT2D eigenvalue weighted by Gasteiger charge is -2.10. The summed E-state index contributed by atoms with van der Waals surface area (Å²) < 4.78 is 13.3. The number of halogens is 2. The average Bonchev–Trinajstić information content (AvgIpc) is 2.58. The van der Waals surface area contributed by atoms with Crippen molar-refractivity contribution in [2.45, 2.75) is 13.8 Å². The number of fused-ring (bicyclic) bond motifs is 2. The maximum absolute atomic E-state index is 13.3. The van der Waals surface area contributed by atoms with Crippen molar-refractivity contribution in [3.63, 3.8) is 0 Å². The van der Waals surface area contributed by atoms with E-state index >= 15 is 0 Å². The Balaban J connectivity index is 1.87. The fourth-order valence-electron chi connectivity index (χ4n) is 2.59. The number of nitrogens with one attached hydrogen (secondary N) is 1. The number of nitrogens with zero attached hydrogens (tertiary/aromatic N) is 4. The van der Waals surface area contributed by atoms with Crippen molar-refractivity contribution in [1.82, 2.24) is 19.9 Å². The van der Waals surface area contributed by atoms with Gasteiger partial charge in [0.15, 0.2) is 0 Å².